The molecule has 0 radical (unpaired) electrons. The molecule has 2 aromatic carbocycles. The molecule has 3 aromatic rings. The van der Waals surface area contributed by atoms with Crippen LogP contribution >= 0.6 is 0 Å². The van der Waals surface area contributed by atoms with E-state index in [0.717, 1.165) is 29.7 Å². The van der Waals surface area contributed by atoms with Crippen molar-refractivity contribution in [3.63, 3.8) is 0 Å². The van der Waals surface area contributed by atoms with Crippen LogP contribution in [0, 0.1) is 6.92 Å². The fraction of sp³-hybridized carbons (Fsp3) is 0.222. The summed E-state index contributed by atoms with van der Waals surface area (Å²) in [5.41, 5.74) is 3.06. The number of benzene rings is 2. The number of hydrogen-bond donors (Lipinski definition) is 0. The van der Waals surface area contributed by atoms with Gasteiger partial charge in [-0.3, -0.25) is 9.36 Å². The summed E-state index contributed by atoms with van der Waals surface area (Å²) in [7, 11) is 0. The Bertz CT molecular complexity index is 759. The lowest BCUT2D eigenvalue weighted by Crippen LogP contribution is -2.12. The van der Waals surface area contributed by atoms with Gasteiger partial charge in [-0.1, -0.05) is 42.5 Å². The number of imidazole rings is 1. The molecule has 0 spiro atoms. The van der Waals surface area contributed by atoms with Crippen LogP contribution in [0.2, 0.25) is 0 Å². The van der Waals surface area contributed by atoms with E-state index >= 15 is 0 Å². The van der Waals surface area contributed by atoms with E-state index in [2.05, 4.69) is 17.1 Å². The first kappa shape index (κ1) is 13.6. The van der Waals surface area contributed by atoms with Crippen LogP contribution in [0.5, 0.6) is 0 Å². The van der Waals surface area contributed by atoms with Crippen LogP contribution in [0.1, 0.15) is 29.0 Å². The van der Waals surface area contributed by atoms with Gasteiger partial charge < -0.3 is 0 Å². The lowest BCUT2D eigenvalue weighted by molar-refractivity contribution is 0.0902. The summed E-state index contributed by atoms with van der Waals surface area (Å²) in [6.07, 6.45) is 2.32. The second-order valence-electron chi connectivity index (χ2n) is 5.22. The maximum atomic E-state index is 12.5. The van der Waals surface area contributed by atoms with E-state index in [9.17, 15) is 4.79 Å². The molecule has 0 atom stereocenters. The zero-order chi connectivity index (χ0) is 14.7. The van der Waals surface area contributed by atoms with Gasteiger partial charge in [0.15, 0.2) is 0 Å². The predicted molar refractivity (Wildman–Crippen MR) is 84.5 cm³/mol. The molecule has 0 aliphatic heterocycles. The minimum Gasteiger partial charge on any atom is -0.274 e. The monoisotopic (exact) mass is 278 g/mol. The average molecular weight is 278 g/mol. The smallest absolute Gasteiger partial charge is 0.232 e. The van der Waals surface area contributed by atoms with Gasteiger partial charge in [-0.05, 0) is 37.5 Å². The van der Waals surface area contributed by atoms with Gasteiger partial charge in [-0.2, -0.15) is 0 Å². The van der Waals surface area contributed by atoms with Crippen LogP contribution in [0.15, 0.2) is 54.6 Å². The van der Waals surface area contributed by atoms with Gasteiger partial charge >= 0.3 is 0 Å². The highest BCUT2D eigenvalue weighted by Gasteiger charge is 2.13. The molecule has 0 unspecified atom stereocenters. The van der Waals surface area contributed by atoms with Crippen LogP contribution in [0.25, 0.3) is 11.0 Å². The molecule has 3 heteroatoms. The third-order valence-electron chi connectivity index (χ3n) is 3.68. The zero-order valence-electron chi connectivity index (χ0n) is 12.1. The number of rotatable bonds is 4. The van der Waals surface area contributed by atoms with Crippen molar-refractivity contribution < 1.29 is 4.79 Å². The Balaban J connectivity index is 1.71. The minimum atomic E-state index is 0.122. The van der Waals surface area contributed by atoms with E-state index in [1.807, 2.05) is 49.4 Å². The molecule has 0 N–H and O–H groups in total. The number of aryl methyl sites for hydroxylation is 2. The second kappa shape index (κ2) is 5.92. The molecular weight excluding hydrogens is 260 g/mol. The Kier molecular flexibility index (Phi) is 3.82. The highest BCUT2D eigenvalue weighted by molar-refractivity contribution is 5.91. The molecule has 0 aliphatic rings. The van der Waals surface area contributed by atoms with E-state index in [-0.39, 0.29) is 5.91 Å². The van der Waals surface area contributed by atoms with Gasteiger partial charge in [0, 0.05) is 6.42 Å². The Morgan fingerprint density at radius 3 is 2.57 bits per heavy atom. The van der Waals surface area contributed by atoms with Crippen LogP contribution in [0.3, 0.4) is 0 Å². The molecule has 0 fully saturated rings. The number of fused-ring (bicyclic) bond motifs is 1. The van der Waals surface area contributed by atoms with Gasteiger partial charge in [-0.25, -0.2) is 4.98 Å². The Morgan fingerprint density at radius 1 is 1.05 bits per heavy atom. The standard InChI is InChI=1S/C18H18N2O/c1-14-19-16-11-5-6-12-17(16)20(14)18(21)13-7-10-15-8-3-2-4-9-15/h2-6,8-9,11-12H,7,10,13H2,1H3. The van der Waals surface area contributed by atoms with Crippen LogP contribution in [-0.2, 0) is 6.42 Å². The summed E-state index contributed by atoms with van der Waals surface area (Å²) in [5, 5.41) is 0. The number of aromatic nitrogens is 2. The van der Waals surface area contributed by atoms with E-state index < -0.39 is 0 Å². The van der Waals surface area contributed by atoms with Crippen molar-refractivity contribution >= 4 is 16.9 Å². The summed E-state index contributed by atoms with van der Waals surface area (Å²) in [6.45, 7) is 1.88. The van der Waals surface area contributed by atoms with Gasteiger partial charge in [0.05, 0.1) is 11.0 Å². The van der Waals surface area contributed by atoms with Crippen molar-refractivity contribution in [2.24, 2.45) is 0 Å². The van der Waals surface area contributed by atoms with E-state index in [1.165, 1.54) is 5.56 Å². The summed E-state index contributed by atoms with van der Waals surface area (Å²) >= 11 is 0. The maximum Gasteiger partial charge on any atom is 0.232 e. The van der Waals surface area contributed by atoms with E-state index in [0.29, 0.717) is 6.42 Å². The number of carbonyl (C=O) groups excluding carboxylic acids is 1. The molecule has 106 valence electrons. The molecule has 0 saturated carbocycles. The molecule has 3 nitrogen and oxygen atoms in total. The topological polar surface area (TPSA) is 34.9 Å². The molecule has 0 aliphatic carbocycles. The molecule has 1 heterocycles. The quantitative estimate of drug-likeness (QED) is 0.722. The third-order valence-corrected chi connectivity index (χ3v) is 3.68. The first-order valence-corrected chi connectivity index (χ1v) is 7.27. The van der Waals surface area contributed by atoms with E-state index in [1.54, 1.807) is 4.57 Å². The third kappa shape index (κ3) is 2.87. The Morgan fingerprint density at radius 2 is 1.76 bits per heavy atom. The lowest BCUT2D eigenvalue weighted by Gasteiger charge is -2.05. The van der Waals surface area contributed by atoms with E-state index in [4.69, 9.17) is 0 Å². The van der Waals surface area contributed by atoms with Gasteiger partial charge in [0.25, 0.3) is 0 Å². The Hall–Kier alpha value is -2.42. The van der Waals surface area contributed by atoms with Gasteiger partial charge in [-0.15, -0.1) is 0 Å². The second-order valence-corrected chi connectivity index (χ2v) is 5.22. The number of hydrogen-bond acceptors (Lipinski definition) is 2. The normalized spacial score (nSPS) is 10.9. The van der Waals surface area contributed by atoms with Crippen LogP contribution < -0.4 is 0 Å². The van der Waals surface area contributed by atoms with Crippen LogP contribution in [-0.4, -0.2) is 15.5 Å². The number of carbonyl (C=O) groups is 1. The minimum absolute atomic E-state index is 0.122. The van der Waals surface area contributed by atoms with Crippen molar-refractivity contribution in [1.29, 1.82) is 0 Å². The molecule has 1 aromatic heterocycles. The molecule has 21 heavy (non-hydrogen) atoms. The highest BCUT2D eigenvalue weighted by Crippen LogP contribution is 2.16. The summed E-state index contributed by atoms with van der Waals surface area (Å²) in [4.78, 5) is 16.9. The highest BCUT2D eigenvalue weighted by atomic mass is 16.2. The van der Waals surface area contributed by atoms with Gasteiger partial charge in [0.1, 0.15) is 5.82 Å². The van der Waals surface area contributed by atoms with Crippen molar-refractivity contribution in [3.05, 3.63) is 66.0 Å². The number of para-hydroxylation sites is 2. The summed E-state index contributed by atoms with van der Waals surface area (Å²) in [6, 6.07) is 18.0. The van der Waals surface area contributed by atoms with Crippen molar-refractivity contribution in [3.8, 4) is 0 Å². The lowest BCUT2D eigenvalue weighted by atomic mass is 10.1. The molecule has 0 amide bonds. The SMILES string of the molecule is Cc1nc2ccccc2n1C(=O)CCCc1ccccc1. The van der Waals surface area contributed by atoms with Crippen molar-refractivity contribution in [2.75, 3.05) is 0 Å². The first-order valence-electron chi connectivity index (χ1n) is 7.27. The predicted octanol–water partition coefficient (Wildman–Crippen LogP) is 4.01. The largest absolute Gasteiger partial charge is 0.274 e. The molecule has 0 saturated heterocycles. The zero-order valence-corrected chi connectivity index (χ0v) is 12.1. The first-order chi connectivity index (χ1) is 10.3. The van der Waals surface area contributed by atoms with Crippen LogP contribution in [0.4, 0.5) is 0 Å². The molecule has 3 rings (SSSR count). The summed E-state index contributed by atoms with van der Waals surface area (Å²) in [5.74, 6) is 0.887. The fourth-order valence-electron chi connectivity index (χ4n) is 2.66. The molecule has 0 bridgehead atoms. The fourth-order valence-corrected chi connectivity index (χ4v) is 2.66. The summed E-state index contributed by atoms with van der Waals surface area (Å²) < 4.78 is 1.74. The Labute approximate surface area is 124 Å². The average Bonchev–Trinajstić information content (AvgIpc) is 2.84. The van der Waals surface area contributed by atoms with Crippen molar-refractivity contribution in [1.82, 2.24) is 9.55 Å². The molecular formula is C18H18N2O. The van der Waals surface area contributed by atoms with Gasteiger partial charge in [0.2, 0.25) is 5.91 Å². The number of nitrogens with zero attached hydrogens (tertiary/aromatic N) is 2. The van der Waals surface area contributed by atoms with Crippen molar-refractivity contribution in [2.45, 2.75) is 26.2 Å². The maximum absolute atomic E-state index is 12.5.